The van der Waals surface area contributed by atoms with Gasteiger partial charge in [-0.15, -0.1) is 0 Å². The second kappa shape index (κ2) is 6.90. The molecule has 4 heteroatoms. The van der Waals surface area contributed by atoms with Crippen LogP contribution in [0.15, 0.2) is 24.3 Å². The molecule has 1 saturated heterocycles. The summed E-state index contributed by atoms with van der Waals surface area (Å²) in [5.41, 5.74) is 7.43. The van der Waals surface area contributed by atoms with Gasteiger partial charge in [0.25, 0.3) is 0 Å². The first-order chi connectivity index (χ1) is 9.54. The number of benzene rings is 1. The van der Waals surface area contributed by atoms with Gasteiger partial charge < -0.3 is 10.6 Å². The summed E-state index contributed by atoms with van der Waals surface area (Å²) >= 11 is 6.39. The average molecular weight is 296 g/mol. The van der Waals surface area contributed by atoms with E-state index in [0.29, 0.717) is 6.04 Å². The fourth-order valence-corrected chi connectivity index (χ4v) is 3.44. The number of halogens is 1. The van der Waals surface area contributed by atoms with Gasteiger partial charge in [-0.3, -0.25) is 4.90 Å². The van der Waals surface area contributed by atoms with E-state index < -0.39 is 0 Å². The van der Waals surface area contributed by atoms with Crippen LogP contribution in [0.3, 0.4) is 0 Å². The van der Waals surface area contributed by atoms with E-state index in [2.05, 4.69) is 36.8 Å². The molecule has 2 N–H and O–H groups in total. The number of hydrogen-bond donors (Lipinski definition) is 1. The highest BCUT2D eigenvalue weighted by atomic mass is 35.5. The molecule has 0 spiro atoms. The predicted octanol–water partition coefficient (Wildman–Crippen LogP) is 2.75. The molecule has 3 nitrogen and oxygen atoms in total. The van der Waals surface area contributed by atoms with Crippen LogP contribution >= 0.6 is 11.6 Å². The van der Waals surface area contributed by atoms with Crippen LogP contribution < -0.4 is 5.73 Å². The number of rotatable bonds is 4. The quantitative estimate of drug-likeness (QED) is 0.927. The summed E-state index contributed by atoms with van der Waals surface area (Å²) in [6, 6.07) is 8.96. The van der Waals surface area contributed by atoms with E-state index >= 15 is 0 Å². The van der Waals surface area contributed by atoms with Crippen LogP contribution in [0.2, 0.25) is 5.02 Å². The van der Waals surface area contributed by atoms with E-state index in [-0.39, 0.29) is 12.1 Å². The van der Waals surface area contributed by atoms with E-state index in [0.717, 1.165) is 30.2 Å². The number of piperazine rings is 1. The lowest BCUT2D eigenvalue weighted by Crippen LogP contribution is -2.54. The minimum Gasteiger partial charge on any atom is -0.326 e. The molecule has 3 unspecified atom stereocenters. The second-order valence-corrected chi connectivity index (χ2v) is 6.27. The van der Waals surface area contributed by atoms with Crippen molar-refractivity contribution < 1.29 is 0 Å². The van der Waals surface area contributed by atoms with Crippen molar-refractivity contribution in [3.05, 3.63) is 34.9 Å². The van der Waals surface area contributed by atoms with Crippen molar-refractivity contribution in [1.82, 2.24) is 9.80 Å². The van der Waals surface area contributed by atoms with Crippen LogP contribution in [0.25, 0.3) is 0 Å². The van der Waals surface area contributed by atoms with Gasteiger partial charge in [0, 0.05) is 36.7 Å². The van der Waals surface area contributed by atoms with Gasteiger partial charge in [0.15, 0.2) is 0 Å². The van der Waals surface area contributed by atoms with Crippen molar-refractivity contribution in [1.29, 1.82) is 0 Å². The number of nitrogens with zero attached hydrogens (tertiary/aromatic N) is 2. The van der Waals surface area contributed by atoms with Crippen LogP contribution in [0.4, 0.5) is 0 Å². The van der Waals surface area contributed by atoms with Crippen molar-refractivity contribution in [2.75, 3.05) is 26.7 Å². The molecule has 3 atom stereocenters. The zero-order valence-electron chi connectivity index (χ0n) is 12.7. The molecule has 112 valence electrons. The van der Waals surface area contributed by atoms with Crippen LogP contribution in [0, 0.1) is 0 Å². The van der Waals surface area contributed by atoms with Gasteiger partial charge in [0.1, 0.15) is 0 Å². The third-order valence-corrected chi connectivity index (χ3v) is 4.74. The van der Waals surface area contributed by atoms with Gasteiger partial charge in [-0.2, -0.15) is 0 Å². The average Bonchev–Trinajstić information content (AvgIpc) is 2.42. The third-order valence-electron chi connectivity index (χ3n) is 4.40. The maximum absolute atomic E-state index is 6.39. The summed E-state index contributed by atoms with van der Waals surface area (Å²) in [5, 5.41) is 0.821. The lowest BCUT2D eigenvalue weighted by Gasteiger charge is -2.44. The van der Waals surface area contributed by atoms with Crippen molar-refractivity contribution in [3.63, 3.8) is 0 Å². The first-order valence-corrected chi connectivity index (χ1v) is 7.86. The molecular weight excluding hydrogens is 270 g/mol. The van der Waals surface area contributed by atoms with Crippen LogP contribution in [-0.2, 0) is 0 Å². The molecule has 1 aliphatic rings. The van der Waals surface area contributed by atoms with Crippen LogP contribution in [-0.4, -0.2) is 48.6 Å². The summed E-state index contributed by atoms with van der Waals surface area (Å²) < 4.78 is 0. The van der Waals surface area contributed by atoms with Gasteiger partial charge in [0.05, 0.1) is 6.04 Å². The molecule has 0 aromatic heterocycles. The smallest absolute Gasteiger partial charge is 0.0512 e. The Balaban J connectivity index is 2.24. The van der Waals surface area contributed by atoms with E-state index in [1.165, 1.54) is 6.42 Å². The van der Waals surface area contributed by atoms with Crippen LogP contribution in [0.5, 0.6) is 0 Å². The monoisotopic (exact) mass is 295 g/mol. The van der Waals surface area contributed by atoms with Crippen LogP contribution in [0.1, 0.15) is 31.9 Å². The highest BCUT2D eigenvalue weighted by Crippen LogP contribution is 2.31. The van der Waals surface area contributed by atoms with E-state index in [4.69, 9.17) is 17.3 Å². The van der Waals surface area contributed by atoms with Gasteiger partial charge in [-0.05, 0) is 32.0 Å². The minimum absolute atomic E-state index is 0.0656. The van der Waals surface area contributed by atoms with Crippen molar-refractivity contribution in [2.45, 2.75) is 38.4 Å². The summed E-state index contributed by atoms with van der Waals surface area (Å²) in [6.45, 7) is 7.52. The maximum atomic E-state index is 6.39. The second-order valence-electron chi connectivity index (χ2n) is 5.86. The Kier molecular flexibility index (Phi) is 5.44. The fraction of sp³-hybridized carbons (Fsp3) is 0.625. The summed E-state index contributed by atoms with van der Waals surface area (Å²) in [6.07, 6.45) is 1.17. The maximum Gasteiger partial charge on any atom is 0.0512 e. The lowest BCUT2D eigenvalue weighted by molar-refractivity contribution is 0.0549. The molecular formula is C16H26ClN3. The van der Waals surface area contributed by atoms with Crippen molar-refractivity contribution in [2.24, 2.45) is 5.73 Å². The molecule has 0 aliphatic carbocycles. The first kappa shape index (κ1) is 15.8. The normalized spacial score (nSPS) is 24.6. The molecule has 0 saturated carbocycles. The Bertz CT molecular complexity index is 435. The zero-order chi connectivity index (χ0) is 14.7. The van der Waals surface area contributed by atoms with Crippen molar-refractivity contribution in [3.8, 4) is 0 Å². The Morgan fingerprint density at radius 1 is 1.35 bits per heavy atom. The Morgan fingerprint density at radius 3 is 2.65 bits per heavy atom. The molecule has 2 rings (SSSR count). The number of hydrogen-bond acceptors (Lipinski definition) is 3. The van der Waals surface area contributed by atoms with Gasteiger partial charge >= 0.3 is 0 Å². The third kappa shape index (κ3) is 3.34. The summed E-state index contributed by atoms with van der Waals surface area (Å²) in [7, 11) is 2.21. The first-order valence-electron chi connectivity index (χ1n) is 7.48. The minimum atomic E-state index is 0.0656. The molecule has 1 fully saturated rings. The zero-order valence-corrected chi connectivity index (χ0v) is 13.5. The molecule has 0 amide bonds. The molecule has 20 heavy (non-hydrogen) atoms. The standard InChI is InChI=1S/C16H26ClN3/c1-4-13-11-20(10-9-19(13)3)16(12(2)18)14-7-5-6-8-15(14)17/h5-8,12-13,16H,4,9-11,18H2,1-3H3. The predicted molar refractivity (Wildman–Crippen MR) is 86.1 cm³/mol. The molecule has 1 aliphatic heterocycles. The van der Waals surface area contributed by atoms with Gasteiger partial charge in [0.2, 0.25) is 0 Å². The molecule has 1 aromatic rings. The highest BCUT2D eigenvalue weighted by molar-refractivity contribution is 6.31. The topological polar surface area (TPSA) is 32.5 Å². The van der Waals surface area contributed by atoms with E-state index in [9.17, 15) is 0 Å². The Morgan fingerprint density at radius 2 is 2.05 bits per heavy atom. The summed E-state index contributed by atoms with van der Waals surface area (Å²) in [4.78, 5) is 4.95. The molecule has 0 bridgehead atoms. The summed E-state index contributed by atoms with van der Waals surface area (Å²) in [5.74, 6) is 0. The number of likely N-dealkylation sites (N-methyl/N-ethyl adjacent to an activating group) is 1. The molecule has 0 radical (unpaired) electrons. The largest absolute Gasteiger partial charge is 0.326 e. The number of nitrogens with two attached hydrogens (primary N) is 1. The van der Waals surface area contributed by atoms with E-state index in [1.807, 2.05) is 18.2 Å². The molecule has 1 aromatic carbocycles. The van der Waals surface area contributed by atoms with Gasteiger partial charge in [-0.1, -0.05) is 36.7 Å². The Labute approximate surface area is 127 Å². The highest BCUT2D eigenvalue weighted by Gasteiger charge is 2.31. The Hall–Kier alpha value is -0.610. The van der Waals surface area contributed by atoms with Gasteiger partial charge in [-0.25, -0.2) is 0 Å². The lowest BCUT2D eigenvalue weighted by atomic mass is 9.97. The molecule has 1 heterocycles. The van der Waals surface area contributed by atoms with E-state index in [1.54, 1.807) is 0 Å². The van der Waals surface area contributed by atoms with Crippen molar-refractivity contribution >= 4 is 11.6 Å². The SMILES string of the molecule is CCC1CN(C(c2ccccc2Cl)C(C)N)CCN1C. The fourth-order valence-electron chi connectivity index (χ4n) is 3.19.